The van der Waals surface area contributed by atoms with Crippen molar-refractivity contribution < 1.29 is 19.1 Å². The standard InChI is InChI=1S/C21H22N6O4S/c22-20-25-17(26-21(27-20)24-14-5-2-1-3-6-14)13-31-19(30)10-11-23-18(29)9-8-15(28)16-7-4-12-32-16/h1-7,12H,8-11,13H2,(H,23,29)(H3,22,24,25,26,27). The number of aromatic nitrogens is 3. The van der Waals surface area contributed by atoms with Crippen LogP contribution < -0.4 is 16.4 Å². The summed E-state index contributed by atoms with van der Waals surface area (Å²) in [6.07, 6.45) is 0.157. The smallest absolute Gasteiger partial charge is 0.308 e. The number of nitrogens with zero attached hydrogens (tertiary/aromatic N) is 3. The van der Waals surface area contributed by atoms with E-state index in [0.29, 0.717) is 4.88 Å². The Morgan fingerprint density at radius 2 is 1.78 bits per heavy atom. The maximum atomic E-state index is 11.9. The minimum absolute atomic E-state index is 0.00570. The Kier molecular flexibility index (Phi) is 8.21. The molecule has 3 aromatic rings. The first-order valence-electron chi connectivity index (χ1n) is 9.81. The lowest BCUT2D eigenvalue weighted by atomic mass is 10.2. The van der Waals surface area contributed by atoms with Gasteiger partial charge in [0.2, 0.25) is 17.8 Å². The fourth-order valence-corrected chi connectivity index (χ4v) is 3.30. The van der Waals surface area contributed by atoms with Gasteiger partial charge in [-0.3, -0.25) is 14.4 Å². The molecule has 2 aromatic heterocycles. The van der Waals surface area contributed by atoms with Gasteiger partial charge < -0.3 is 21.1 Å². The number of nitrogen functional groups attached to an aromatic ring is 1. The van der Waals surface area contributed by atoms with Gasteiger partial charge in [-0.2, -0.15) is 15.0 Å². The third-order valence-electron chi connectivity index (χ3n) is 4.12. The molecule has 0 aliphatic heterocycles. The normalized spacial score (nSPS) is 10.4. The lowest BCUT2D eigenvalue weighted by molar-refractivity contribution is -0.145. The summed E-state index contributed by atoms with van der Waals surface area (Å²) >= 11 is 1.34. The van der Waals surface area contributed by atoms with Gasteiger partial charge in [0, 0.05) is 25.1 Å². The quantitative estimate of drug-likeness (QED) is 0.293. The van der Waals surface area contributed by atoms with Gasteiger partial charge in [-0.1, -0.05) is 24.3 Å². The molecule has 32 heavy (non-hydrogen) atoms. The van der Waals surface area contributed by atoms with Gasteiger partial charge in [0.05, 0.1) is 11.3 Å². The van der Waals surface area contributed by atoms with Crippen molar-refractivity contribution in [1.82, 2.24) is 20.3 Å². The Morgan fingerprint density at radius 3 is 2.53 bits per heavy atom. The minimum atomic E-state index is -0.531. The highest BCUT2D eigenvalue weighted by molar-refractivity contribution is 7.12. The molecule has 0 unspecified atom stereocenters. The van der Waals surface area contributed by atoms with Crippen molar-refractivity contribution in [2.75, 3.05) is 17.6 Å². The van der Waals surface area contributed by atoms with Gasteiger partial charge in [-0.05, 0) is 23.6 Å². The van der Waals surface area contributed by atoms with Crippen LogP contribution in [-0.4, -0.2) is 39.2 Å². The number of hydrogen-bond acceptors (Lipinski definition) is 10. The van der Waals surface area contributed by atoms with E-state index in [9.17, 15) is 14.4 Å². The SMILES string of the molecule is Nc1nc(COC(=O)CCNC(=O)CCC(=O)c2cccs2)nc(Nc2ccccc2)n1. The molecule has 0 saturated carbocycles. The zero-order chi connectivity index (χ0) is 22.8. The van der Waals surface area contributed by atoms with Crippen molar-refractivity contribution in [2.24, 2.45) is 0 Å². The number of nitrogens with one attached hydrogen (secondary N) is 2. The van der Waals surface area contributed by atoms with E-state index in [0.717, 1.165) is 5.69 Å². The second-order valence-corrected chi connectivity index (χ2v) is 7.53. The topological polar surface area (TPSA) is 149 Å². The molecule has 4 N–H and O–H groups in total. The summed E-state index contributed by atoms with van der Waals surface area (Å²) in [5.74, 6) is -0.484. The highest BCUT2D eigenvalue weighted by Crippen LogP contribution is 2.13. The highest BCUT2D eigenvalue weighted by Gasteiger charge is 2.12. The molecule has 0 spiro atoms. The van der Waals surface area contributed by atoms with Crippen LogP contribution in [0.3, 0.4) is 0 Å². The second-order valence-electron chi connectivity index (χ2n) is 6.59. The average Bonchev–Trinajstić information content (AvgIpc) is 3.31. The summed E-state index contributed by atoms with van der Waals surface area (Å²) in [6.45, 7) is -0.0801. The number of ether oxygens (including phenoxy) is 1. The number of ketones is 1. The van der Waals surface area contributed by atoms with E-state index >= 15 is 0 Å². The van der Waals surface area contributed by atoms with Gasteiger partial charge in [-0.15, -0.1) is 11.3 Å². The van der Waals surface area contributed by atoms with Crippen molar-refractivity contribution in [2.45, 2.75) is 25.9 Å². The van der Waals surface area contributed by atoms with Crippen molar-refractivity contribution >= 4 is 46.6 Å². The number of thiophene rings is 1. The van der Waals surface area contributed by atoms with Crippen LogP contribution in [0.1, 0.15) is 34.8 Å². The predicted molar refractivity (Wildman–Crippen MR) is 119 cm³/mol. The predicted octanol–water partition coefficient (Wildman–Crippen LogP) is 2.47. The molecule has 0 radical (unpaired) electrons. The maximum absolute atomic E-state index is 11.9. The maximum Gasteiger partial charge on any atom is 0.308 e. The monoisotopic (exact) mass is 454 g/mol. The number of para-hydroxylation sites is 1. The number of Topliss-reactive ketones (excluding diaryl/α,β-unsaturated/α-hetero) is 1. The van der Waals surface area contributed by atoms with E-state index in [-0.39, 0.29) is 61.8 Å². The van der Waals surface area contributed by atoms with E-state index in [1.165, 1.54) is 11.3 Å². The van der Waals surface area contributed by atoms with E-state index < -0.39 is 5.97 Å². The third kappa shape index (κ3) is 7.43. The van der Waals surface area contributed by atoms with Crippen LogP contribution >= 0.6 is 11.3 Å². The van der Waals surface area contributed by atoms with Crippen LogP contribution in [0.4, 0.5) is 17.6 Å². The molecule has 0 saturated heterocycles. The van der Waals surface area contributed by atoms with E-state index in [1.807, 2.05) is 35.7 Å². The molecule has 166 valence electrons. The minimum Gasteiger partial charge on any atom is -0.457 e. The Balaban J connectivity index is 1.37. The summed E-state index contributed by atoms with van der Waals surface area (Å²) < 4.78 is 5.14. The highest BCUT2D eigenvalue weighted by atomic mass is 32.1. The molecular weight excluding hydrogens is 432 g/mol. The zero-order valence-corrected chi connectivity index (χ0v) is 17.9. The van der Waals surface area contributed by atoms with Crippen LogP contribution in [0.2, 0.25) is 0 Å². The number of nitrogens with two attached hydrogens (primary N) is 1. The van der Waals surface area contributed by atoms with Crippen LogP contribution in [0, 0.1) is 0 Å². The lowest BCUT2D eigenvalue weighted by Gasteiger charge is -2.08. The number of esters is 1. The van der Waals surface area contributed by atoms with E-state index in [4.69, 9.17) is 10.5 Å². The Bertz CT molecular complexity index is 1060. The second kappa shape index (κ2) is 11.5. The Morgan fingerprint density at radius 1 is 0.969 bits per heavy atom. The molecule has 0 atom stereocenters. The number of hydrogen-bond donors (Lipinski definition) is 3. The molecule has 1 aromatic carbocycles. The molecule has 3 rings (SSSR count). The van der Waals surface area contributed by atoms with Crippen molar-refractivity contribution in [3.8, 4) is 0 Å². The fraction of sp³-hybridized carbons (Fsp3) is 0.238. The van der Waals surface area contributed by atoms with Crippen molar-refractivity contribution in [1.29, 1.82) is 0 Å². The van der Waals surface area contributed by atoms with Crippen molar-refractivity contribution in [3.63, 3.8) is 0 Å². The van der Waals surface area contributed by atoms with Crippen molar-refractivity contribution in [3.05, 3.63) is 58.5 Å². The first-order chi connectivity index (χ1) is 15.5. The number of rotatable bonds is 11. The number of carbonyl (C=O) groups excluding carboxylic acids is 3. The van der Waals surface area contributed by atoms with Gasteiger partial charge in [0.1, 0.15) is 0 Å². The molecule has 1 amide bonds. The number of benzene rings is 1. The van der Waals surface area contributed by atoms with Crippen LogP contribution in [0.5, 0.6) is 0 Å². The fourth-order valence-electron chi connectivity index (χ4n) is 2.61. The summed E-state index contributed by atoms with van der Waals surface area (Å²) in [5, 5.41) is 7.40. The number of anilines is 3. The number of carbonyl (C=O) groups is 3. The van der Waals surface area contributed by atoms with Crippen LogP contribution in [0.25, 0.3) is 0 Å². The molecule has 0 fully saturated rings. The number of amides is 1. The Labute approximate surface area is 188 Å². The summed E-state index contributed by atoms with van der Waals surface area (Å²) in [5.41, 5.74) is 6.47. The van der Waals surface area contributed by atoms with E-state index in [2.05, 4.69) is 25.6 Å². The molecular formula is C21H22N6O4S. The zero-order valence-electron chi connectivity index (χ0n) is 17.1. The average molecular weight is 455 g/mol. The van der Waals surface area contributed by atoms with Gasteiger partial charge in [0.25, 0.3) is 0 Å². The third-order valence-corrected chi connectivity index (χ3v) is 5.03. The first-order valence-corrected chi connectivity index (χ1v) is 10.7. The molecule has 10 nitrogen and oxygen atoms in total. The Hall–Kier alpha value is -3.86. The largest absolute Gasteiger partial charge is 0.457 e. The molecule has 0 aliphatic carbocycles. The summed E-state index contributed by atoms with van der Waals surface area (Å²) in [4.78, 5) is 48.4. The molecule has 2 heterocycles. The molecule has 0 bridgehead atoms. The van der Waals surface area contributed by atoms with Gasteiger partial charge in [0.15, 0.2) is 18.2 Å². The molecule has 0 aliphatic rings. The van der Waals surface area contributed by atoms with Gasteiger partial charge in [-0.25, -0.2) is 0 Å². The van der Waals surface area contributed by atoms with Crippen LogP contribution in [-0.2, 0) is 20.9 Å². The lowest BCUT2D eigenvalue weighted by Crippen LogP contribution is -2.26. The van der Waals surface area contributed by atoms with Crippen LogP contribution in [0.15, 0.2) is 47.8 Å². The van der Waals surface area contributed by atoms with Gasteiger partial charge >= 0.3 is 5.97 Å². The van der Waals surface area contributed by atoms with E-state index in [1.54, 1.807) is 12.1 Å². The summed E-state index contributed by atoms with van der Waals surface area (Å²) in [7, 11) is 0. The summed E-state index contributed by atoms with van der Waals surface area (Å²) in [6, 6.07) is 12.8. The first kappa shape index (κ1) is 22.8. The molecule has 11 heteroatoms.